The molecule has 1 aliphatic heterocycles. The van der Waals surface area contributed by atoms with Gasteiger partial charge >= 0.3 is 0 Å². The van der Waals surface area contributed by atoms with Crippen LogP contribution in [0.5, 0.6) is 0 Å². The number of rotatable bonds is 10. The summed E-state index contributed by atoms with van der Waals surface area (Å²) in [6.45, 7) is 5.09. The van der Waals surface area contributed by atoms with Crippen LogP contribution in [0.15, 0.2) is 66.7 Å². The normalized spacial score (nSPS) is 14.5. The van der Waals surface area contributed by atoms with Crippen molar-refractivity contribution >= 4 is 33.5 Å². The van der Waals surface area contributed by atoms with Gasteiger partial charge in [0, 0.05) is 30.2 Å². The van der Waals surface area contributed by atoms with E-state index in [9.17, 15) is 18.0 Å². The maximum Gasteiger partial charge on any atom is 0.266 e. The Hall–Kier alpha value is -3.20. The van der Waals surface area contributed by atoms with Crippen LogP contribution < -0.4 is 5.32 Å². The first-order chi connectivity index (χ1) is 18.6. The van der Waals surface area contributed by atoms with Gasteiger partial charge in [0.05, 0.1) is 11.7 Å². The fourth-order valence-corrected chi connectivity index (χ4v) is 5.69. The summed E-state index contributed by atoms with van der Waals surface area (Å²) in [5, 5.41) is 3.10. The quantitative estimate of drug-likeness (QED) is 0.315. The van der Waals surface area contributed by atoms with Gasteiger partial charge in [-0.1, -0.05) is 73.0 Å². The molecular weight excluding hydrogens is 536 g/mol. The first-order valence-electron chi connectivity index (χ1n) is 13.0. The minimum atomic E-state index is -4.16. The molecule has 2 atom stereocenters. The zero-order valence-electron chi connectivity index (χ0n) is 22.1. The fourth-order valence-electron chi connectivity index (χ4n) is 5.21. The Labute approximate surface area is 234 Å². The van der Waals surface area contributed by atoms with E-state index in [0.717, 1.165) is 24.0 Å². The van der Waals surface area contributed by atoms with Crippen molar-refractivity contribution in [1.29, 1.82) is 0 Å². The molecule has 0 fully saturated rings. The molecule has 0 radical (unpaired) electrons. The summed E-state index contributed by atoms with van der Waals surface area (Å²) >= 11 is 6.18. The molecule has 39 heavy (non-hydrogen) atoms. The third kappa shape index (κ3) is 7.26. The third-order valence-electron chi connectivity index (χ3n) is 7.14. The van der Waals surface area contributed by atoms with Gasteiger partial charge in [-0.15, -0.1) is 0 Å². The Morgan fingerprint density at radius 1 is 0.974 bits per heavy atom. The number of benzene rings is 3. The number of aryl methyl sites for hydroxylation is 1. The van der Waals surface area contributed by atoms with Crippen molar-refractivity contribution in [2.45, 2.75) is 51.6 Å². The lowest BCUT2D eigenvalue weighted by molar-refractivity contribution is -0.134. The number of hydrogen-bond acceptors (Lipinski definition) is 4. The van der Waals surface area contributed by atoms with E-state index in [1.54, 1.807) is 12.1 Å². The maximum atomic E-state index is 14.2. The molecule has 0 bridgehead atoms. The highest BCUT2D eigenvalue weighted by Crippen LogP contribution is 2.40. The van der Waals surface area contributed by atoms with Crippen LogP contribution in [0, 0.1) is 6.92 Å². The number of amides is 2. The Morgan fingerprint density at radius 2 is 1.62 bits per heavy atom. The van der Waals surface area contributed by atoms with Crippen LogP contribution in [0.2, 0.25) is 5.02 Å². The molecule has 4 rings (SSSR count). The van der Waals surface area contributed by atoms with Crippen molar-refractivity contribution in [1.82, 2.24) is 10.2 Å². The molecule has 1 heterocycles. The molecule has 0 aromatic heterocycles. The standard InChI is InChI=1S/C30H33ClN2O5S/c1-3-4-27(21-7-9-23(10-8-21)29(34)32-15-16-39(36,37)38)28(22-11-13-26(31)14-12-22)30(35)33-18-24-6-5-20(2)17-25(24)19-33/h5-14,17,27-28H,3-4,15-16,18-19H2,1-2H3,(H,32,34)(H,36,37,38). The van der Waals surface area contributed by atoms with E-state index in [0.29, 0.717) is 23.7 Å². The fraction of sp³-hybridized carbons (Fsp3) is 0.333. The monoisotopic (exact) mass is 568 g/mol. The Balaban J connectivity index is 1.61. The average molecular weight is 569 g/mol. The molecule has 206 valence electrons. The molecule has 9 heteroatoms. The summed E-state index contributed by atoms with van der Waals surface area (Å²) in [4.78, 5) is 28.6. The number of fused-ring (bicyclic) bond motifs is 1. The lowest BCUT2D eigenvalue weighted by atomic mass is 9.77. The van der Waals surface area contributed by atoms with E-state index < -0.39 is 27.7 Å². The van der Waals surface area contributed by atoms with E-state index in [1.807, 2.05) is 41.3 Å². The highest BCUT2D eigenvalue weighted by molar-refractivity contribution is 7.85. The minimum Gasteiger partial charge on any atom is -0.351 e. The van der Waals surface area contributed by atoms with Gasteiger partial charge in [0.1, 0.15) is 0 Å². The summed E-state index contributed by atoms with van der Waals surface area (Å²) < 4.78 is 30.7. The number of carbonyl (C=O) groups excluding carboxylic acids is 2. The Morgan fingerprint density at radius 3 is 2.26 bits per heavy atom. The van der Waals surface area contributed by atoms with Gasteiger partial charge in [0.25, 0.3) is 16.0 Å². The lowest BCUT2D eigenvalue weighted by Crippen LogP contribution is -2.34. The highest BCUT2D eigenvalue weighted by atomic mass is 35.5. The molecule has 3 aromatic rings. The number of carbonyl (C=O) groups is 2. The predicted molar refractivity (Wildman–Crippen MR) is 152 cm³/mol. The summed E-state index contributed by atoms with van der Waals surface area (Å²) in [5.74, 6) is -1.51. The van der Waals surface area contributed by atoms with Crippen LogP contribution in [-0.4, -0.2) is 42.0 Å². The summed E-state index contributed by atoms with van der Waals surface area (Å²) in [5.41, 5.74) is 5.70. The van der Waals surface area contributed by atoms with Crippen molar-refractivity contribution in [2.24, 2.45) is 0 Å². The van der Waals surface area contributed by atoms with E-state index in [-0.39, 0.29) is 18.4 Å². The number of halogens is 1. The molecule has 2 amide bonds. The van der Waals surface area contributed by atoms with Crippen molar-refractivity contribution in [3.63, 3.8) is 0 Å². The molecule has 2 unspecified atom stereocenters. The molecule has 0 spiro atoms. The molecule has 0 aliphatic carbocycles. The number of nitrogens with zero attached hydrogens (tertiary/aromatic N) is 1. The van der Waals surface area contributed by atoms with E-state index in [2.05, 4.69) is 37.4 Å². The van der Waals surface area contributed by atoms with Gasteiger partial charge < -0.3 is 10.2 Å². The summed E-state index contributed by atoms with van der Waals surface area (Å²) in [6, 6.07) is 20.8. The molecule has 1 aliphatic rings. The van der Waals surface area contributed by atoms with Crippen LogP contribution in [0.1, 0.15) is 69.8 Å². The molecule has 2 N–H and O–H groups in total. The highest BCUT2D eigenvalue weighted by Gasteiger charge is 2.36. The topological polar surface area (TPSA) is 104 Å². The van der Waals surface area contributed by atoms with Crippen LogP contribution in [-0.2, 0) is 28.0 Å². The number of nitrogens with one attached hydrogen (secondary N) is 1. The van der Waals surface area contributed by atoms with Gasteiger partial charge in [-0.2, -0.15) is 8.42 Å². The first-order valence-corrected chi connectivity index (χ1v) is 15.0. The van der Waals surface area contributed by atoms with Crippen molar-refractivity contribution in [3.05, 3.63) is 105 Å². The molecule has 0 saturated carbocycles. The SMILES string of the molecule is CCCC(c1ccc(C(=O)NCCS(=O)(=O)O)cc1)C(C(=O)N1Cc2ccc(C)cc2C1)c1ccc(Cl)cc1. The predicted octanol–water partition coefficient (Wildman–Crippen LogP) is 5.48. The van der Waals surface area contributed by atoms with Crippen molar-refractivity contribution in [2.75, 3.05) is 12.3 Å². The third-order valence-corrected chi connectivity index (χ3v) is 8.11. The molecule has 0 saturated heterocycles. The second-order valence-electron chi connectivity index (χ2n) is 10.1. The van der Waals surface area contributed by atoms with Gasteiger partial charge in [0.15, 0.2) is 0 Å². The molecule has 7 nitrogen and oxygen atoms in total. The largest absolute Gasteiger partial charge is 0.351 e. The Kier molecular flexibility index (Phi) is 9.10. The smallest absolute Gasteiger partial charge is 0.266 e. The van der Waals surface area contributed by atoms with Gasteiger partial charge in [0.2, 0.25) is 5.91 Å². The van der Waals surface area contributed by atoms with E-state index >= 15 is 0 Å². The van der Waals surface area contributed by atoms with E-state index in [1.165, 1.54) is 16.7 Å². The second-order valence-corrected chi connectivity index (χ2v) is 12.1. The average Bonchev–Trinajstić information content (AvgIpc) is 3.32. The lowest BCUT2D eigenvalue weighted by Gasteiger charge is -2.31. The van der Waals surface area contributed by atoms with Crippen molar-refractivity contribution < 1.29 is 22.6 Å². The summed E-state index contributed by atoms with van der Waals surface area (Å²) in [7, 11) is -4.16. The van der Waals surface area contributed by atoms with Crippen molar-refractivity contribution in [3.8, 4) is 0 Å². The van der Waals surface area contributed by atoms with E-state index in [4.69, 9.17) is 16.2 Å². The maximum absolute atomic E-state index is 14.2. The van der Waals surface area contributed by atoms with Crippen LogP contribution in [0.4, 0.5) is 0 Å². The zero-order chi connectivity index (χ0) is 28.2. The molecule has 3 aromatic carbocycles. The second kappa shape index (κ2) is 12.3. The van der Waals surface area contributed by atoms with Gasteiger partial charge in [-0.05, 0) is 65.8 Å². The Bertz CT molecular complexity index is 1440. The molecular formula is C30H33ClN2O5S. The first kappa shape index (κ1) is 28.8. The number of hydrogen-bond donors (Lipinski definition) is 2. The summed E-state index contributed by atoms with van der Waals surface area (Å²) in [6.07, 6.45) is 1.62. The van der Waals surface area contributed by atoms with Crippen LogP contribution >= 0.6 is 11.6 Å². The zero-order valence-corrected chi connectivity index (χ0v) is 23.6. The van der Waals surface area contributed by atoms with Crippen LogP contribution in [0.3, 0.4) is 0 Å². The van der Waals surface area contributed by atoms with Gasteiger partial charge in [-0.25, -0.2) is 0 Å². The van der Waals surface area contributed by atoms with Gasteiger partial charge in [-0.3, -0.25) is 14.1 Å². The van der Waals surface area contributed by atoms with Crippen LogP contribution in [0.25, 0.3) is 0 Å². The minimum absolute atomic E-state index is 0.0525.